The van der Waals surface area contributed by atoms with Crippen LogP contribution in [0, 0.1) is 0 Å². The summed E-state index contributed by atoms with van der Waals surface area (Å²) in [5.41, 5.74) is 0.894. The van der Waals surface area contributed by atoms with Crippen LogP contribution < -0.4 is 5.32 Å². The van der Waals surface area contributed by atoms with E-state index in [9.17, 15) is 4.79 Å². The smallest absolute Gasteiger partial charge is 0.317 e. The van der Waals surface area contributed by atoms with Gasteiger partial charge in [-0.2, -0.15) is 5.10 Å². The number of rotatable bonds is 2. The molecule has 1 heterocycles. The molecule has 2 amide bonds. The Morgan fingerprint density at radius 2 is 2.50 bits per heavy atom. The van der Waals surface area contributed by atoms with Gasteiger partial charge in [-0.3, -0.25) is 5.10 Å². The van der Waals surface area contributed by atoms with Gasteiger partial charge in [-0.05, 0) is 6.07 Å². The highest BCUT2D eigenvalue weighted by Gasteiger charge is 2.01. The number of H-pyrrole nitrogens is 1. The number of hydrogen-bond donors (Lipinski definition) is 2. The molecule has 0 unspecified atom stereocenters. The first-order valence-corrected chi connectivity index (χ1v) is 3.63. The Balaban J connectivity index is 2.32. The van der Waals surface area contributed by atoms with Crippen molar-refractivity contribution in [1.29, 1.82) is 0 Å². The van der Waals surface area contributed by atoms with E-state index in [0.717, 1.165) is 5.69 Å². The van der Waals surface area contributed by atoms with Crippen LogP contribution in [0.1, 0.15) is 5.69 Å². The minimum absolute atomic E-state index is 0.107. The lowest BCUT2D eigenvalue weighted by atomic mass is 10.4. The number of aromatic amines is 1. The summed E-state index contributed by atoms with van der Waals surface area (Å²) in [5.74, 6) is 0. The lowest BCUT2D eigenvalue weighted by molar-refractivity contribution is 0.217. The zero-order valence-electron chi connectivity index (χ0n) is 7.16. The number of aromatic nitrogens is 2. The van der Waals surface area contributed by atoms with Crippen LogP contribution in [0.5, 0.6) is 0 Å². The third-order valence-corrected chi connectivity index (χ3v) is 1.39. The molecule has 0 aliphatic carbocycles. The summed E-state index contributed by atoms with van der Waals surface area (Å²) in [6, 6.07) is 1.71. The summed E-state index contributed by atoms with van der Waals surface area (Å²) in [6.45, 7) is 0.483. The molecule has 5 nitrogen and oxygen atoms in total. The highest BCUT2D eigenvalue weighted by atomic mass is 16.2. The van der Waals surface area contributed by atoms with E-state index in [1.54, 1.807) is 20.3 Å². The van der Waals surface area contributed by atoms with Crippen molar-refractivity contribution in [2.24, 2.45) is 0 Å². The van der Waals surface area contributed by atoms with Gasteiger partial charge in [-0.1, -0.05) is 0 Å². The Morgan fingerprint density at radius 3 is 3.00 bits per heavy atom. The van der Waals surface area contributed by atoms with Crippen LogP contribution >= 0.6 is 0 Å². The van der Waals surface area contributed by atoms with E-state index in [1.807, 2.05) is 6.07 Å². The highest BCUT2D eigenvalue weighted by Crippen LogP contribution is 1.90. The lowest BCUT2D eigenvalue weighted by Crippen LogP contribution is -2.33. The predicted molar refractivity (Wildman–Crippen MR) is 44.5 cm³/mol. The molecule has 1 aromatic heterocycles. The lowest BCUT2D eigenvalue weighted by Gasteiger charge is -2.10. The summed E-state index contributed by atoms with van der Waals surface area (Å²) in [7, 11) is 3.39. The topological polar surface area (TPSA) is 61.0 Å². The van der Waals surface area contributed by atoms with Crippen molar-refractivity contribution in [1.82, 2.24) is 20.4 Å². The second-order valence-corrected chi connectivity index (χ2v) is 2.64. The number of nitrogens with zero attached hydrogens (tertiary/aromatic N) is 2. The SMILES string of the molecule is CN(C)C(=O)NCc1ccn[nH]1. The minimum atomic E-state index is -0.107. The molecule has 0 saturated heterocycles. The van der Waals surface area contributed by atoms with Crippen molar-refractivity contribution < 1.29 is 4.79 Å². The molecule has 0 bridgehead atoms. The van der Waals surface area contributed by atoms with Crippen LogP contribution in [0.25, 0.3) is 0 Å². The van der Waals surface area contributed by atoms with Gasteiger partial charge in [0.2, 0.25) is 0 Å². The second-order valence-electron chi connectivity index (χ2n) is 2.64. The fraction of sp³-hybridized carbons (Fsp3) is 0.429. The number of carbonyl (C=O) groups excluding carboxylic acids is 1. The number of carbonyl (C=O) groups is 1. The summed E-state index contributed by atoms with van der Waals surface area (Å²) < 4.78 is 0. The van der Waals surface area contributed by atoms with E-state index in [4.69, 9.17) is 0 Å². The molecule has 66 valence electrons. The Bertz CT molecular complexity index is 242. The van der Waals surface area contributed by atoms with Gasteiger partial charge in [-0.15, -0.1) is 0 Å². The summed E-state index contributed by atoms with van der Waals surface area (Å²) in [6.07, 6.45) is 1.65. The zero-order chi connectivity index (χ0) is 8.97. The van der Waals surface area contributed by atoms with Crippen molar-refractivity contribution in [3.63, 3.8) is 0 Å². The molecule has 12 heavy (non-hydrogen) atoms. The van der Waals surface area contributed by atoms with Crippen LogP contribution in [0.4, 0.5) is 4.79 Å². The van der Waals surface area contributed by atoms with E-state index < -0.39 is 0 Å². The van der Waals surface area contributed by atoms with Gasteiger partial charge in [0.1, 0.15) is 0 Å². The molecule has 0 radical (unpaired) electrons. The molecule has 0 spiro atoms. The maximum atomic E-state index is 11.0. The average Bonchev–Trinajstić information content (AvgIpc) is 2.51. The molecule has 0 aromatic carbocycles. The number of urea groups is 1. The van der Waals surface area contributed by atoms with E-state index in [1.165, 1.54) is 4.90 Å². The third kappa shape index (κ3) is 2.26. The fourth-order valence-electron chi connectivity index (χ4n) is 0.712. The molecular formula is C7H12N4O. The average molecular weight is 168 g/mol. The van der Waals surface area contributed by atoms with Gasteiger partial charge in [-0.25, -0.2) is 4.79 Å². The standard InChI is InChI=1S/C7H12N4O/c1-11(2)7(12)8-5-6-3-4-9-10-6/h3-4H,5H2,1-2H3,(H,8,12)(H,9,10). The van der Waals surface area contributed by atoms with Gasteiger partial charge in [0, 0.05) is 20.3 Å². The van der Waals surface area contributed by atoms with Crippen LogP contribution in [0.2, 0.25) is 0 Å². The van der Waals surface area contributed by atoms with E-state index in [2.05, 4.69) is 15.5 Å². The molecule has 1 rings (SSSR count). The first-order chi connectivity index (χ1) is 5.70. The maximum absolute atomic E-state index is 11.0. The Morgan fingerprint density at radius 1 is 1.75 bits per heavy atom. The number of amides is 2. The van der Waals surface area contributed by atoms with Crippen LogP contribution in [-0.2, 0) is 6.54 Å². The van der Waals surface area contributed by atoms with Gasteiger partial charge >= 0.3 is 6.03 Å². The predicted octanol–water partition coefficient (Wildman–Crippen LogP) is 0.181. The quantitative estimate of drug-likeness (QED) is 0.661. The molecule has 0 fully saturated rings. The van der Waals surface area contributed by atoms with E-state index >= 15 is 0 Å². The van der Waals surface area contributed by atoms with Crippen molar-refractivity contribution >= 4 is 6.03 Å². The van der Waals surface area contributed by atoms with Crippen LogP contribution in [0.15, 0.2) is 12.3 Å². The Kier molecular flexibility index (Phi) is 2.68. The van der Waals surface area contributed by atoms with Crippen molar-refractivity contribution in [2.75, 3.05) is 14.1 Å². The first-order valence-electron chi connectivity index (χ1n) is 3.63. The maximum Gasteiger partial charge on any atom is 0.317 e. The Labute approximate surface area is 70.8 Å². The van der Waals surface area contributed by atoms with Crippen molar-refractivity contribution in [3.8, 4) is 0 Å². The van der Waals surface area contributed by atoms with Crippen LogP contribution in [0.3, 0.4) is 0 Å². The molecule has 2 N–H and O–H groups in total. The molecule has 0 aliphatic heterocycles. The van der Waals surface area contributed by atoms with E-state index in [-0.39, 0.29) is 6.03 Å². The van der Waals surface area contributed by atoms with Gasteiger partial charge in [0.15, 0.2) is 0 Å². The van der Waals surface area contributed by atoms with E-state index in [0.29, 0.717) is 6.54 Å². The number of nitrogens with one attached hydrogen (secondary N) is 2. The molecular weight excluding hydrogens is 156 g/mol. The fourth-order valence-corrected chi connectivity index (χ4v) is 0.712. The number of hydrogen-bond acceptors (Lipinski definition) is 2. The zero-order valence-corrected chi connectivity index (χ0v) is 7.16. The summed E-state index contributed by atoms with van der Waals surface area (Å²) >= 11 is 0. The van der Waals surface area contributed by atoms with Crippen molar-refractivity contribution in [2.45, 2.75) is 6.54 Å². The monoisotopic (exact) mass is 168 g/mol. The third-order valence-electron chi connectivity index (χ3n) is 1.39. The largest absolute Gasteiger partial charge is 0.332 e. The normalized spacial score (nSPS) is 9.50. The minimum Gasteiger partial charge on any atom is -0.332 e. The van der Waals surface area contributed by atoms with Gasteiger partial charge in [0.25, 0.3) is 0 Å². The molecule has 5 heteroatoms. The molecule has 1 aromatic rings. The van der Waals surface area contributed by atoms with Crippen molar-refractivity contribution in [3.05, 3.63) is 18.0 Å². The molecule has 0 atom stereocenters. The van der Waals surface area contributed by atoms with Gasteiger partial charge < -0.3 is 10.2 Å². The summed E-state index contributed by atoms with van der Waals surface area (Å²) in [4.78, 5) is 12.5. The molecule has 0 saturated carbocycles. The second kappa shape index (κ2) is 3.75. The molecule has 0 aliphatic rings. The summed E-state index contributed by atoms with van der Waals surface area (Å²) in [5, 5.41) is 9.20. The highest BCUT2D eigenvalue weighted by molar-refractivity contribution is 5.73. The van der Waals surface area contributed by atoms with Crippen LogP contribution in [-0.4, -0.2) is 35.2 Å². The Hall–Kier alpha value is -1.52. The van der Waals surface area contributed by atoms with Gasteiger partial charge in [0.05, 0.1) is 12.2 Å². The first kappa shape index (κ1) is 8.58.